The number of nitrogens with one attached hydrogen (secondary N) is 1. The lowest BCUT2D eigenvalue weighted by Crippen LogP contribution is -2.44. The lowest BCUT2D eigenvalue weighted by Gasteiger charge is -2.33. The first-order chi connectivity index (χ1) is 14.4. The molecule has 1 N–H and O–H groups in total. The number of fused-ring (bicyclic) bond motifs is 2. The van der Waals surface area contributed by atoms with Crippen molar-refractivity contribution < 1.29 is 14.1 Å². The number of aromatic nitrogens is 3. The van der Waals surface area contributed by atoms with Gasteiger partial charge in [0.2, 0.25) is 11.8 Å². The van der Waals surface area contributed by atoms with E-state index in [9.17, 15) is 9.59 Å². The Bertz CT molecular complexity index is 1140. The quantitative estimate of drug-likeness (QED) is 0.722. The van der Waals surface area contributed by atoms with E-state index in [2.05, 4.69) is 15.5 Å². The lowest BCUT2D eigenvalue weighted by atomic mass is 9.74. The summed E-state index contributed by atoms with van der Waals surface area (Å²) in [5, 5.41) is 6.99. The van der Waals surface area contributed by atoms with E-state index in [0.29, 0.717) is 30.2 Å². The molecule has 1 aromatic carbocycles. The maximum absolute atomic E-state index is 13.5. The second kappa shape index (κ2) is 6.55. The van der Waals surface area contributed by atoms with Crippen molar-refractivity contribution >= 4 is 17.5 Å². The zero-order chi connectivity index (χ0) is 21.0. The highest BCUT2D eigenvalue weighted by atomic mass is 16.5. The SMILES string of the molecule is Cc1noc(C)c1CC(=O)N1CC[C@]2(C(=O)Nc3ccccc32)[C@@H]1c1nccn1C. The van der Waals surface area contributed by atoms with Gasteiger partial charge in [0.05, 0.1) is 12.1 Å². The summed E-state index contributed by atoms with van der Waals surface area (Å²) in [6, 6.07) is 7.24. The Morgan fingerprint density at radius 2 is 2.13 bits per heavy atom. The van der Waals surface area contributed by atoms with Crippen LogP contribution in [0.4, 0.5) is 5.69 Å². The molecule has 8 heteroatoms. The average Bonchev–Trinajstić information content (AvgIpc) is 3.46. The number of imidazole rings is 1. The van der Waals surface area contributed by atoms with Gasteiger partial charge in [0.1, 0.15) is 23.0 Å². The van der Waals surface area contributed by atoms with Crippen molar-refractivity contribution in [2.45, 2.75) is 38.1 Å². The molecule has 5 rings (SSSR count). The summed E-state index contributed by atoms with van der Waals surface area (Å²) < 4.78 is 7.12. The number of carbonyl (C=O) groups is 2. The topological polar surface area (TPSA) is 93.3 Å². The van der Waals surface area contributed by atoms with Crippen LogP contribution in [0.2, 0.25) is 0 Å². The molecule has 0 aliphatic carbocycles. The van der Waals surface area contributed by atoms with Crippen LogP contribution in [0.5, 0.6) is 0 Å². The first-order valence-electron chi connectivity index (χ1n) is 10.0. The average molecular weight is 405 g/mol. The van der Waals surface area contributed by atoms with Gasteiger partial charge in [-0.3, -0.25) is 9.59 Å². The van der Waals surface area contributed by atoms with Gasteiger partial charge >= 0.3 is 0 Å². The zero-order valence-electron chi connectivity index (χ0n) is 17.2. The number of para-hydroxylation sites is 1. The van der Waals surface area contributed by atoms with Crippen LogP contribution < -0.4 is 5.32 Å². The van der Waals surface area contributed by atoms with Gasteiger partial charge in [-0.2, -0.15) is 0 Å². The highest BCUT2D eigenvalue weighted by molar-refractivity contribution is 6.07. The third-order valence-corrected chi connectivity index (χ3v) is 6.52. The minimum Gasteiger partial charge on any atom is -0.361 e. The van der Waals surface area contributed by atoms with Crippen LogP contribution in [-0.2, 0) is 28.5 Å². The smallest absolute Gasteiger partial charge is 0.237 e. The fourth-order valence-corrected chi connectivity index (χ4v) is 4.96. The molecule has 154 valence electrons. The van der Waals surface area contributed by atoms with Gasteiger partial charge in [0, 0.05) is 37.2 Å². The maximum atomic E-state index is 13.5. The summed E-state index contributed by atoms with van der Waals surface area (Å²) in [5.74, 6) is 1.20. The molecule has 2 aliphatic heterocycles. The first-order valence-corrected chi connectivity index (χ1v) is 10.0. The molecule has 8 nitrogen and oxygen atoms in total. The monoisotopic (exact) mass is 405 g/mol. The van der Waals surface area contributed by atoms with Crippen molar-refractivity contribution in [2.24, 2.45) is 7.05 Å². The number of benzene rings is 1. The van der Waals surface area contributed by atoms with E-state index in [1.807, 2.05) is 55.9 Å². The molecule has 3 aromatic rings. The number of amides is 2. The summed E-state index contributed by atoms with van der Waals surface area (Å²) in [7, 11) is 1.89. The molecular weight excluding hydrogens is 382 g/mol. The number of rotatable bonds is 3. The molecule has 2 amide bonds. The number of hydrogen-bond acceptors (Lipinski definition) is 5. The van der Waals surface area contributed by atoms with Gasteiger partial charge in [0.25, 0.3) is 0 Å². The Kier molecular flexibility index (Phi) is 4.06. The molecule has 2 aliphatic rings. The number of carbonyl (C=O) groups excluding carboxylic acids is 2. The second-order valence-electron chi connectivity index (χ2n) is 8.09. The third-order valence-electron chi connectivity index (χ3n) is 6.52. The van der Waals surface area contributed by atoms with Crippen LogP contribution >= 0.6 is 0 Å². The molecule has 4 heterocycles. The van der Waals surface area contributed by atoms with Crippen molar-refractivity contribution in [1.82, 2.24) is 19.6 Å². The van der Waals surface area contributed by atoms with Gasteiger partial charge in [0.15, 0.2) is 0 Å². The molecule has 0 unspecified atom stereocenters. The number of hydrogen-bond donors (Lipinski definition) is 1. The van der Waals surface area contributed by atoms with Crippen LogP contribution in [0.3, 0.4) is 0 Å². The molecule has 1 saturated heterocycles. The Morgan fingerprint density at radius 1 is 1.33 bits per heavy atom. The lowest BCUT2D eigenvalue weighted by molar-refractivity contribution is -0.133. The minimum atomic E-state index is -0.857. The molecule has 2 atom stereocenters. The molecule has 0 saturated carbocycles. The van der Waals surface area contributed by atoms with Crippen molar-refractivity contribution in [3.63, 3.8) is 0 Å². The van der Waals surface area contributed by atoms with E-state index in [4.69, 9.17) is 4.52 Å². The van der Waals surface area contributed by atoms with Crippen LogP contribution in [0, 0.1) is 13.8 Å². The number of likely N-dealkylation sites (tertiary alicyclic amines) is 1. The van der Waals surface area contributed by atoms with Crippen molar-refractivity contribution in [2.75, 3.05) is 11.9 Å². The molecular formula is C22H23N5O3. The summed E-state index contributed by atoms with van der Waals surface area (Å²) in [6.45, 7) is 4.12. The fraction of sp³-hybridized carbons (Fsp3) is 0.364. The Balaban J connectivity index is 1.61. The van der Waals surface area contributed by atoms with Crippen LogP contribution in [0.1, 0.15) is 40.9 Å². The molecule has 30 heavy (non-hydrogen) atoms. The van der Waals surface area contributed by atoms with Crippen LogP contribution in [-0.4, -0.2) is 38.0 Å². The fourth-order valence-electron chi connectivity index (χ4n) is 4.96. The summed E-state index contributed by atoms with van der Waals surface area (Å²) in [5.41, 5.74) is 2.39. The van der Waals surface area contributed by atoms with Gasteiger partial charge in [-0.25, -0.2) is 4.98 Å². The Labute approximate surface area is 173 Å². The predicted molar refractivity (Wildman–Crippen MR) is 109 cm³/mol. The van der Waals surface area contributed by atoms with E-state index in [1.54, 1.807) is 11.1 Å². The zero-order valence-corrected chi connectivity index (χ0v) is 17.2. The van der Waals surface area contributed by atoms with E-state index in [1.165, 1.54) is 0 Å². The standard InChI is InChI=1S/C22H23N5O3/c1-13-15(14(2)30-25-13)12-18(28)27-10-8-22(19(27)20-23-9-11-26(20)3)16-6-4-5-7-17(16)24-21(22)29/h4-7,9,11,19H,8,10,12H2,1-3H3,(H,24,29)/t19-,22+/m0/s1. The molecule has 0 bridgehead atoms. The molecule has 1 fully saturated rings. The Hall–Kier alpha value is -3.42. The van der Waals surface area contributed by atoms with Gasteiger partial charge in [-0.1, -0.05) is 23.4 Å². The first kappa shape index (κ1) is 18.6. The van der Waals surface area contributed by atoms with Gasteiger partial charge in [-0.15, -0.1) is 0 Å². The number of anilines is 1. The summed E-state index contributed by atoms with van der Waals surface area (Å²) >= 11 is 0. The summed E-state index contributed by atoms with van der Waals surface area (Å²) in [4.78, 5) is 33.2. The predicted octanol–water partition coefficient (Wildman–Crippen LogP) is 2.43. The summed E-state index contributed by atoms with van der Waals surface area (Å²) in [6.07, 6.45) is 4.27. The van der Waals surface area contributed by atoms with E-state index >= 15 is 0 Å². The maximum Gasteiger partial charge on any atom is 0.237 e. The molecule has 1 spiro atoms. The van der Waals surface area contributed by atoms with Crippen molar-refractivity contribution in [3.8, 4) is 0 Å². The van der Waals surface area contributed by atoms with Gasteiger partial charge < -0.3 is 19.3 Å². The second-order valence-corrected chi connectivity index (χ2v) is 8.09. The van der Waals surface area contributed by atoms with Gasteiger partial charge in [-0.05, 0) is 31.9 Å². The van der Waals surface area contributed by atoms with E-state index < -0.39 is 11.5 Å². The third kappa shape index (κ3) is 2.46. The van der Waals surface area contributed by atoms with Crippen LogP contribution in [0.15, 0.2) is 41.2 Å². The number of nitrogens with zero attached hydrogens (tertiary/aromatic N) is 4. The number of aryl methyl sites for hydroxylation is 3. The largest absolute Gasteiger partial charge is 0.361 e. The van der Waals surface area contributed by atoms with Crippen molar-refractivity contribution in [1.29, 1.82) is 0 Å². The highest BCUT2D eigenvalue weighted by Gasteiger charge is 2.60. The normalized spacial score (nSPS) is 22.6. The van der Waals surface area contributed by atoms with Crippen molar-refractivity contribution in [3.05, 3.63) is 65.1 Å². The minimum absolute atomic E-state index is 0.0635. The molecule has 2 aromatic heterocycles. The highest BCUT2D eigenvalue weighted by Crippen LogP contribution is 2.54. The van der Waals surface area contributed by atoms with Crippen LogP contribution in [0.25, 0.3) is 0 Å². The Morgan fingerprint density at radius 3 is 2.83 bits per heavy atom. The van der Waals surface area contributed by atoms with E-state index in [-0.39, 0.29) is 18.2 Å². The van der Waals surface area contributed by atoms with E-state index in [0.717, 1.165) is 16.8 Å². The molecule has 0 radical (unpaired) electrons.